The molecule has 1 N–H and O–H groups in total. The van der Waals surface area contributed by atoms with Crippen molar-refractivity contribution in [3.63, 3.8) is 0 Å². The minimum Gasteiger partial charge on any atom is -0.370 e. The van der Waals surface area contributed by atoms with Crippen LogP contribution >= 0.6 is 0 Å². The van der Waals surface area contributed by atoms with Crippen molar-refractivity contribution in [2.75, 3.05) is 11.9 Å². The zero-order chi connectivity index (χ0) is 11.0. The third-order valence-electron chi connectivity index (χ3n) is 1.46. The summed E-state index contributed by atoms with van der Waals surface area (Å²) in [4.78, 5) is 4.17. The molecule has 0 aromatic carbocycles. The minimum atomic E-state index is 0.303. The highest BCUT2D eigenvalue weighted by Crippen LogP contribution is 2.13. The molecule has 0 unspecified atom stereocenters. The number of anilines is 1. The lowest BCUT2D eigenvalue weighted by atomic mass is 9.97. The molecule has 0 saturated carbocycles. The average molecular weight is 194 g/mol. The maximum absolute atomic E-state index is 4.17. The fourth-order valence-electron chi connectivity index (χ4n) is 0.823. The highest BCUT2D eigenvalue weighted by Gasteiger charge is 2.08. The Labute approximate surface area is 87.8 Å². The number of pyridine rings is 1. The summed E-state index contributed by atoms with van der Waals surface area (Å²) in [5, 5.41) is 3.27. The summed E-state index contributed by atoms with van der Waals surface area (Å²) in [6.07, 6.45) is 1.80. The molecule has 1 rings (SSSR count). The second kappa shape index (κ2) is 6.41. The van der Waals surface area contributed by atoms with Gasteiger partial charge in [0.15, 0.2) is 0 Å². The predicted molar refractivity (Wildman–Crippen MR) is 63.5 cm³/mol. The molecule has 2 nitrogen and oxygen atoms in total. The molecule has 0 amide bonds. The number of aromatic nitrogens is 1. The van der Waals surface area contributed by atoms with Crippen LogP contribution in [0, 0.1) is 5.41 Å². The Morgan fingerprint density at radius 2 is 1.86 bits per heavy atom. The third-order valence-corrected chi connectivity index (χ3v) is 1.46. The van der Waals surface area contributed by atoms with E-state index in [2.05, 4.69) is 31.1 Å². The Bertz CT molecular complexity index is 224. The van der Waals surface area contributed by atoms with Crippen molar-refractivity contribution in [1.29, 1.82) is 0 Å². The van der Waals surface area contributed by atoms with E-state index < -0.39 is 0 Å². The molecule has 0 atom stereocenters. The SMILES string of the molecule is CC.CC(C)(C)CNc1ccccn1. The molecular formula is C12H22N2. The maximum Gasteiger partial charge on any atom is 0.125 e. The monoisotopic (exact) mass is 194 g/mol. The molecule has 0 fully saturated rings. The zero-order valence-corrected chi connectivity index (χ0v) is 9.96. The van der Waals surface area contributed by atoms with Gasteiger partial charge in [-0.15, -0.1) is 0 Å². The van der Waals surface area contributed by atoms with E-state index in [-0.39, 0.29) is 0 Å². The fraction of sp³-hybridized carbons (Fsp3) is 0.583. The van der Waals surface area contributed by atoms with Crippen LogP contribution in [0.25, 0.3) is 0 Å². The third kappa shape index (κ3) is 6.46. The van der Waals surface area contributed by atoms with Crippen LogP contribution < -0.4 is 5.32 Å². The minimum absolute atomic E-state index is 0.303. The second-order valence-corrected chi connectivity index (χ2v) is 4.13. The Kier molecular flexibility index (Phi) is 5.93. The predicted octanol–water partition coefficient (Wildman–Crippen LogP) is 3.57. The van der Waals surface area contributed by atoms with Gasteiger partial charge in [-0.25, -0.2) is 4.98 Å². The molecule has 1 aromatic rings. The van der Waals surface area contributed by atoms with Gasteiger partial charge in [-0.3, -0.25) is 0 Å². The van der Waals surface area contributed by atoms with Gasteiger partial charge < -0.3 is 5.32 Å². The van der Waals surface area contributed by atoms with Crippen molar-refractivity contribution >= 4 is 5.82 Å². The summed E-state index contributed by atoms with van der Waals surface area (Å²) in [6.45, 7) is 11.5. The van der Waals surface area contributed by atoms with Crippen LogP contribution in [0.1, 0.15) is 34.6 Å². The Morgan fingerprint density at radius 3 is 2.29 bits per heavy atom. The lowest BCUT2D eigenvalue weighted by Gasteiger charge is -2.18. The summed E-state index contributed by atoms with van der Waals surface area (Å²) < 4.78 is 0. The van der Waals surface area contributed by atoms with Gasteiger partial charge in [0.2, 0.25) is 0 Å². The molecule has 0 saturated heterocycles. The van der Waals surface area contributed by atoms with E-state index >= 15 is 0 Å². The Morgan fingerprint density at radius 1 is 1.21 bits per heavy atom. The molecule has 0 aliphatic carbocycles. The van der Waals surface area contributed by atoms with Crippen LogP contribution in [0.4, 0.5) is 5.82 Å². The van der Waals surface area contributed by atoms with E-state index in [4.69, 9.17) is 0 Å². The highest BCUT2D eigenvalue weighted by atomic mass is 15.0. The molecule has 1 heterocycles. The van der Waals surface area contributed by atoms with Gasteiger partial charge in [0.1, 0.15) is 5.82 Å². The van der Waals surface area contributed by atoms with Crippen molar-refractivity contribution < 1.29 is 0 Å². The number of nitrogens with zero attached hydrogens (tertiary/aromatic N) is 1. The van der Waals surface area contributed by atoms with E-state index in [1.165, 1.54) is 0 Å². The smallest absolute Gasteiger partial charge is 0.125 e. The lowest BCUT2D eigenvalue weighted by Crippen LogP contribution is -2.19. The molecule has 2 heteroatoms. The first-order valence-corrected chi connectivity index (χ1v) is 5.23. The van der Waals surface area contributed by atoms with Gasteiger partial charge in [0.25, 0.3) is 0 Å². The molecule has 0 spiro atoms. The molecule has 0 radical (unpaired) electrons. The van der Waals surface area contributed by atoms with E-state index in [9.17, 15) is 0 Å². The quantitative estimate of drug-likeness (QED) is 0.778. The zero-order valence-electron chi connectivity index (χ0n) is 9.96. The summed E-state index contributed by atoms with van der Waals surface area (Å²) in [6, 6.07) is 5.88. The van der Waals surface area contributed by atoms with Gasteiger partial charge in [-0.1, -0.05) is 40.7 Å². The topological polar surface area (TPSA) is 24.9 Å². The molecule has 14 heavy (non-hydrogen) atoms. The summed E-state index contributed by atoms with van der Waals surface area (Å²) >= 11 is 0. The summed E-state index contributed by atoms with van der Waals surface area (Å²) in [5.74, 6) is 0.951. The van der Waals surface area contributed by atoms with Crippen LogP contribution in [-0.2, 0) is 0 Å². The number of rotatable bonds is 2. The average Bonchev–Trinajstić information content (AvgIpc) is 2.19. The van der Waals surface area contributed by atoms with E-state index in [0.29, 0.717) is 5.41 Å². The number of hydrogen-bond donors (Lipinski definition) is 1. The summed E-state index contributed by atoms with van der Waals surface area (Å²) in [7, 11) is 0. The number of nitrogens with one attached hydrogen (secondary N) is 1. The molecular weight excluding hydrogens is 172 g/mol. The first-order chi connectivity index (χ1) is 6.58. The second-order valence-electron chi connectivity index (χ2n) is 4.13. The van der Waals surface area contributed by atoms with E-state index in [0.717, 1.165) is 12.4 Å². The van der Waals surface area contributed by atoms with Gasteiger partial charge >= 0.3 is 0 Å². The van der Waals surface area contributed by atoms with Crippen molar-refractivity contribution in [2.24, 2.45) is 5.41 Å². The van der Waals surface area contributed by atoms with E-state index in [1.54, 1.807) is 6.20 Å². The molecule has 0 aliphatic rings. The first kappa shape index (κ1) is 12.9. The van der Waals surface area contributed by atoms with E-state index in [1.807, 2.05) is 32.0 Å². The Hall–Kier alpha value is -1.05. The van der Waals surface area contributed by atoms with Crippen LogP contribution in [0.15, 0.2) is 24.4 Å². The van der Waals surface area contributed by atoms with Crippen LogP contribution in [0.5, 0.6) is 0 Å². The van der Waals surface area contributed by atoms with Gasteiger partial charge in [0, 0.05) is 12.7 Å². The normalized spacial score (nSPS) is 10.1. The van der Waals surface area contributed by atoms with Gasteiger partial charge in [-0.2, -0.15) is 0 Å². The van der Waals surface area contributed by atoms with Crippen molar-refractivity contribution in [2.45, 2.75) is 34.6 Å². The highest BCUT2D eigenvalue weighted by molar-refractivity contribution is 5.33. The lowest BCUT2D eigenvalue weighted by molar-refractivity contribution is 0.442. The van der Waals surface area contributed by atoms with Crippen molar-refractivity contribution in [3.05, 3.63) is 24.4 Å². The van der Waals surface area contributed by atoms with Crippen molar-refractivity contribution in [1.82, 2.24) is 4.98 Å². The molecule has 1 aromatic heterocycles. The van der Waals surface area contributed by atoms with Crippen LogP contribution in [0.3, 0.4) is 0 Å². The van der Waals surface area contributed by atoms with Crippen LogP contribution in [0.2, 0.25) is 0 Å². The van der Waals surface area contributed by atoms with Gasteiger partial charge in [-0.05, 0) is 17.5 Å². The molecule has 0 aliphatic heterocycles. The van der Waals surface area contributed by atoms with Gasteiger partial charge in [0.05, 0.1) is 0 Å². The Balaban J connectivity index is 0.000000791. The fourth-order valence-corrected chi connectivity index (χ4v) is 0.823. The first-order valence-electron chi connectivity index (χ1n) is 5.23. The summed E-state index contributed by atoms with van der Waals surface area (Å²) in [5.41, 5.74) is 0.303. The number of hydrogen-bond acceptors (Lipinski definition) is 2. The van der Waals surface area contributed by atoms with Crippen LogP contribution in [-0.4, -0.2) is 11.5 Å². The largest absolute Gasteiger partial charge is 0.370 e. The van der Waals surface area contributed by atoms with Crippen molar-refractivity contribution in [3.8, 4) is 0 Å². The maximum atomic E-state index is 4.17. The standard InChI is InChI=1S/C10H16N2.C2H6/c1-10(2,3)8-12-9-6-4-5-7-11-9;1-2/h4-7H,8H2,1-3H3,(H,11,12);1-2H3. The molecule has 0 bridgehead atoms. The molecule has 80 valence electrons.